The van der Waals surface area contributed by atoms with Crippen molar-refractivity contribution in [1.82, 2.24) is 4.90 Å². The van der Waals surface area contributed by atoms with Crippen molar-refractivity contribution in [2.24, 2.45) is 10.2 Å². The van der Waals surface area contributed by atoms with Crippen LogP contribution in [0.2, 0.25) is 5.02 Å². The summed E-state index contributed by atoms with van der Waals surface area (Å²) in [6.07, 6.45) is -0.295. The number of nitrogens with zero attached hydrogens (tertiary/aromatic N) is 3. The standard InChI is InChI=1S/C13H16ClN3OS/c1-4-17-12(15-16-13(17)19)9(3)18-11-6-5-10(14)7-8(11)2/h5-7,9,12H,4H2,1-3H3. The van der Waals surface area contributed by atoms with E-state index in [0.29, 0.717) is 10.1 Å². The fourth-order valence-electron chi connectivity index (χ4n) is 2.02. The summed E-state index contributed by atoms with van der Waals surface area (Å²) >= 11 is 11.1. The summed E-state index contributed by atoms with van der Waals surface area (Å²) in [5.41, 5.74) is 1.000. The van der Waals surface area contributed by atoms with Crippen molar-refractivity contribution in [3.63, 3.8) is 0 Å². The van der Waals surface area contributed by atoms with E-state index in [1.807, 2.05) is 43.9 Å². The molecule has 1 aromatic carbocycles. The van der Waals surface area contributed by atoms with Gasteiger partial charge in [0.2, 0.25) is 5.11 Å². The lowest BCUT2D eigenvalue weighted by Gasteiger charge is -2.27. The normalized spacial score (nSPS) is 19.9. The molecule has 0 aliphatic carbocycles. The predicted octanol–water partition coefficient (Wildman–Crippen LogP) is 3.81. The van der Waals surface area contributed by atoms with Gasteiger partial charge in [0, 0.05) is 11.6 Å². The second-order valence-electron chi connectivity index (χ2n) is 4.43. The maximum Gasteiger partial charge on any atom is 0.217 e. The van der Waals surface area contributed by atoms with Gasteiger partial charge >= 0.3 is 0 Å². The Morgan fingerprint density at radius 3 is 2.89 bits per heavy atom. The van der Waals surface area contributed by atoms with Gasteiger partial charge in [-0.05, 0) is 56.8 Å². The van der Waals surface area contributed by atoms with Crippen molar-refractivity contribution in [3.8, 4) is 5.75 Å². The Morgan fingerprint density at radius 2 is 2.26 bits per heavy atom. The Hall–Kier alpha value is -1.20. The lowest BCUT2D eigenvalue weighted by molar-refractivity contribution is 0.132. The molecule has 0 bridgehead atoms. The summed E-state index contributed by atoms with van der Waals surface area (Å²) in [5.74, 6) is 0.806. The van der Waals surface area contributed by atoms with Crippen LogP contribution in [0.4, 0.5) is 0 Å². The van der Waals surface area contributed by atoms with Gasteiger partial charge in [0.1, 0.15) is 11.9 Å². The zero-order valence-corrected chi connectivity index (χ0v) is 12.7. The highest BCUT2D eigenvalue weighted by Crippen LogP contribution is 2.25. The molecule has 102 valence electrons. The van der Waals surface area contributed by atoms with Crippen LogP contribution in [-0.4, -0.2) is 28.8 Å². The van der Waals surface area contributed by atoms with E-state index in [2.05, 4.69) is 10.2 Å². The van der Waals surface area contributed by atoms with E-state index < -0.39 is 0 Å². The quantitative estimate of drug-likeness (QED) is 0.793. The van der Waals surface area contributed by atoms with Crippen LogP contribution in [0, 0.1) is 6.92 Å². The third-order valence-electron chi connectivity index (χ3n) is 3.04. The molecular formula is C13H16ClN3OS. The lowest BCUT2D eigenvalue weighted by Crippen LogP contribution is -2.42. The molecule has 0 aromatic heterocycles. The molecule has 2 atom stereocenters. The van der Waals surface area contributed by atoms with Crippen molar-refractivity contribution >= 4 is 28.9 Å². The van der Waals surface area contributed by atoms with Crippen LogP contribution in [0.1, 0.15) is 19.4 Å². The maximum atomic E-state index is 5.95. The minimum Gasteiger partial charge on any atom is -0.486 e. The van der Waals surface area contributed by atoms with Gasteiger partial charge < -0.3 is 9.64 Å². The number of aryl methyl sites for hydroxylation is 1. The van der Waals surface area contributed by atoms with Crippen molar-refractivity contribution in [1.29, 1.82) is 0 Å². The van der Waals surface area contributed by atoms with Crippen LogP contribution >= 0.6 is 23.8 Å². The fraction of sp³-hybridized carbons (Fsp3) is 0.462. The van der Waals surface area contributed by atoms with Gasteiger partial charge in [-0.1, -0.05) is 11.6 Å². The molecular weight excluding hydrogens is 282 g/mol. The maximum absolute atomic E-state index is 5.95. The van der Waals surface area contributed by atoms with Crippen molar-refractivity contribution in [3.05, 3.63) is 28.8 Å². The molecule has 2 rings (SSSR count). The lowest BCUT2D eigenvalue weighted by atomic mass is 10.2. The van der Waals surface area contributed by atoms with Gasteiger partial charge in [0.15, 0.2) is 6.17 Å². The fourth-order valence-corrected chi connectivity index (χ4v) is 2.53. The van der Waals surface area contributed by atoms with Crippen molar-refractivity contribution in [2.45, 2.75) is 33.0 Å². The smallest absolute Gasteiger partial charge is 0.217 e. The Labute approximate surface area is 123 Å². The first-order valence-corrected chi connectivity index (χ1v) is 6.95. The zero-order valence-electron chi connectivity index (χ0n) is 11.1. The summed E-state index contributed by atoms with van der Waals surface area (Å²) in [6, 6.07) is 5.56. The third-order valence-corrected chi connectivity index (χ3v) is 3.59. The van der Waals surface area contributed by atoms with E-state index in [1.165, 1.54) is 0 Å². The predicted molar refractivity (Wildman–Crippen MR) is 79.9 cm³/mol. The highest BCUT2D eigenvalue weighted by molar-refractivity contribution is 7.80. The average molecular weight is 298 g/mol. The molecule has 0 saturated heterocycles. The van der Waals surface area contributed by atoms with Gasteiger partial charge in [0.25, 0.3) is 0 Å². The van der Waals surface area contributed by atoms with E-state index in [-0.39, 0.29) is 12.3 Å². The van der Waals surface area contributed by atoms with E-state index in [4.69, 9.17) is 28.6 Å². The van der Waals surface area contributed by atoms with E-state index >= 15 is 0 Å². The first kappa shape index (κ1) is 14.2. The second kappa shape index (κ2) is 5.84. The Bertz CT molecular complexity index is 521. The molecule has 4 nitrogen and oxygen atoms in total. The SMILES string of the molecule is CCN1C(=S)N=NC1C(C)Oc1ccc(Cl)cc1C. The first-order chi connectivity index (χ1) is 9.02. The number of hydrogen-bond donors (Lipinski definition) is 0. The molecule has 19 heavy (non-hydrogen) atoms. The molecule has 0 spiro atoms. The molecule has 0 radical (unpaired) electrons. The Morgan fingerprint density at radius 1 is 1.53 bits per heavy atom. The van der Waals surface area contributed by atoms with Gasteiger partial charge in [0.05, 0.1) is 0 Å². The van der Waals surface area contributed by atoms with Gasteiger partial charge in [-0.25, -0.2) is 0 Å². The third kappa shape index (κ3) is 3.04. The summed E-state index contributed by atoms with van der Waals surface area (Å²) in [4.78, 5) is 1.95. The minimum atomic E-state index is -0.160. The van der Waals surface area contributed by atoms with E-state index in [1.54, 1.807) is 0 Å². The average Bonchev–Trinajstić information content (AvgIpc) is 2.74. The van der Waals surface area contributed by atoms with Crippen LogP contribution in [0.3, 0.4) is 0 Å². The topological polar surface area (TPSA) is 37.2 Å². The van der Waals surface area contributed by atoms with Crippen molar-refractivity contribution < 1.29 is 4.74 Å². The molecule has 0 saturated carbocycles. The number of azo groups is 1. The summed E-state index contributed by atoms with van der Waals surface area (Å²) in [6.45, 7) is 6.72. The van der Waals surface area contributed by atoms with Gasteiger partial charge in [-0.15, -0.1) is 5.11 Å². The number of ether oxygens (including phenoxy) is 1. The molecule has 2 unspecified atom stereocenters. The number of halogens is 1. The molecule has 0 amide bonds. The molecule has 1 aliphatic rings. The number of hydrogen-bond acceptors (Lipinski definition) is 3. The van der Waals surface area contributed by atoms with Crippen LogP contribution in [0.5, 0.6) is 5.75 Å². The van der Waals surface area contributed by atoms with E-state index in [0.717, 1.165) is 17.9 Å². The number of benzene rings is 1. The van der Waals surface area contributed by atoms with Crippen molar-refractivity contribution in [2.75, 3.05) is 6.54 Å². The molecule has 1 heterocycles. The molecule has 0 N–H and O–H groups in total. The minimum absolute atomic E-state index is 0.135. The Balaban J connectivity index is 2.11. The largest absolute Gasteiger partial charge is 0.486 e. The summed E-state index contributed by atoms with van der Waals surface area (Å²) in [7, 11) is 0. The number of rotatable bonds is 4. The van der Waals surface area contributed by atoms with Crippen LogP contribution < -0.4 is 4.74 Å². The molecule has 1 aromatic rings. The highest BCUT2D eigenvalue weighted by Gasteiger charge is 2.31. The molecule has 1 aliphatic heterocycles. The van der Waals surface area contributed by atoms with Gasteiger partial charge in [-0.2, -0.15) is 5.11 Å². The van der Waals surface area contributed by atoms with Crippen LogP contribution in [-0.2, 0) is 0 Å². The van der Waals surface area contributed by atoms with Crippen LogP contribution in [0.15, 0.2) is 28.4 Å². The zero-order chi connectivity index (χ0) is 14.0. The number of thiocarbonyl (C=S) groups is 1. The van der Waals surface area contributed by atoms with Gasteiger partial charge in [-0.3, -0.25) is 0 Å². The van der Waals surface area contributed by atoms with Crippen LogP contribution in [0.25, 0.3) is 0 Å². The van der Waals surface area contributed by atoms with E-state index in [9.17, 15) is 0 Å². The second-order valence-corrected chi connectivity index (χ2v) is 5.23. The summed E-state index contributed by atoms with van der Waals surface area (Å²) in [5, 5.41) is 9.35. The molecule has 6 heteroatoms. The monoisotopic (exact) mass is 297 g/mol. The first-order valence-electron chi connectivity index (χ1n) is 6.17. The summed E-state index contributed by atoms with van der Waals surface area (Å²) < 4.78 is 5.95. The highest BCUT2D eigenvalue weighted by atomic mass is 35.5. The number of likely N-dealkylation sites (N-methyl/N-ethyl adjacent to an activating group) is 1. The molecule has 0 fully saturated rings. The Kier molecular flexibility index (Phi) is 4.37.